The molecule has 170 valence electrons. The number of hydrogen-bond acceptors (Lipinski definition) is 9. The SMILES string of the molecule is O=S(=O)(c1ccccc1)N1CCC(Nc2nc([C@H]3O[C@H](CO)C[C@H]3O)nc3nc[nH]c23)C1. The fourth-order valence-electron chi connectivity index (χ4n) is 4.18. The number of ether oxygens (including phenoxy) is 1. The summed E-state index contributed by atoms with van der Waals surface area (Å²) in [4.78, 5) is 16.4. The summed E-state index contributed by atoms with van der Waals surface area (Å²) in [5, 5.41) is 23.0. The first-order chi connectivity index (χ1) is 15.5. The maximum absolute atomic E-state index is 12.9. The highest BCUT2D eigenvalue weighted by atomic mass is 32.2. The zero-order valence-corrected chi connectivity index (χ0v) is 17.9. The lowest BCUT2D eigenvalue weighted by molar-refractivity contribution is -0.0149. The van der Waals surface area contributed by atoms with E-state index >= 15 is 0 Å². The lowest BCUT2D eigenvalue weighted by atomic mass is 10.1. The van der Waals surface area contributed by atoms with Gasteiger partial charge in [0, 0.05) is 25.6 Å². The number of aliphatic hydroxyl groups excluding tert-OH is 2. The molecule has 4 heterocycles. The Morgan fingerprint density at radius 2 is 2.06 bits per heavy atom. The van der Waals surface area contributed by atoms with Crippen molar-refractivity contribution in [1.29, 1.82) is 0 Å². The van der Waals surface area contributed by atoms with E-state index in [2.05, 4.69) is 25.3 Å². The number of aliphatic hydroxyl groups is 2. The molecule has 1 unspecified atom stereocenters. The predicted octanol–water partition coefficient (Wildman–Crippen LogP) is 0.411. The van der Waals surface area contributed by atoms with Crippen molar-refractivity contribution in [2.45, 2.75) is 42.1 Å². The number of anilines is 1. The quantitative estimate of drug-likeness (QED) is 0.409. The van der Waals surface area contributed by atoms with Gasteiger partial charge >= 0.3 is 0 Å². The average molecular weight is 461 g/mol. The maximum atomic E-state index is 12.9. The van der Waals surface area contributed by atoms with Gasteiger partial charge in [-0.1, -0.05) is 18.2 Å². The third-order valence-electron chi connectivity index (χ3n) is 5.83. The second kappa shape index (κ2) is 8.37. The van der Waals surface area contributed by atoms with Gasteiger partial charge in [-0.3, -0.25) is 0 Å². The van der Waals surface area contributed by atoms with E-state index < -0.39 is 28.3 Å². The van der Waals surface area contributed by atoms with E-state index in [9.17, 15) is 18.6 Å². The minimum absolute atomic E-state index is 0.164. The molecular weight excluding hydrogens is 436 g/mol. The Kier molecular flexibility index (Phi) is 5.55. The van der Waals surface area contributed by atoms with Gasteiger partial charge in [0.25, 0.3) is 0 Å². The van der Waals surface area contributed by atoms with Crippen molar-refractivity contribution in [2.75, 3.05) is 25.0 Å². The number of hydrogen-bond donors (Lipinski definition) is 4. The molecule has 2 aromatic heterocycles. The first-order valence-corrected chi connectivity index (χ1v) is 11.9. The summed E-state index contributed by atoms with van der Waals surface area (Å²) in [7, 11) is -3.57. The zero-order valence-electron chi connectivity index (χ0n) is 17.1. The van der Waals surface area contributed by atoms with Gasteiger partial charge in [0.05, 0.1) is 30.0 Å². The smallest absolute Gasteiger partial charge is 0.243 e. The van der Waals surface area contributed by atoms with E-state index in [1.165, 1.54) is 10.6 Å². The predicted molar refractivity (Wildman–Crippen MR) is 114 cm³/mol. The van der Waals surface area contributed by atoms with Crippen molar-refractivity contribution in [3.05, 3.63) is 42.5 Å². The van der Waals surface area contributed by atoms with Gasteiger partial charge < -0.3 is 25.3 Å². The van der Waals surface area contributed by atoms with Crippen LogP contribution in [0.4, 0.5) is 5.82 Å². The number of sulfonamides is 1. The van der Waals surface area contributed by atoms with Crippen LogP contribution in [0.5, 0.6) is 0 Å². The number of H-pyrrole nitrogens is 1. The molecule has 3 aromatic rings. The van der Waals surface area contributed by atoms with E-state index in [0.717, 1.165) is 0 Å². The average Bonchev–Trinajstić information content (AvgIpc) is 3.54. The van der Waals surface area contributed by atoms with Crippen LogP contribution in [0.3, 0.4) is 0 Å². The topological polar surface area (TPSA) is 154 Å². The van der Waals surface area contributed by atoms with Crippen molar-refractivity contribution in [1.82, 2.24) is 24.2 Å². The van der Waals surface area contributed by atoms with E-state index in [-0.39, 0.29) is 23.4 Å². The van der Waals surface area contributed by atoms with E-state index in [1.807, 2.05) is 0 Å². The number of nitrogens with one attached hydrogen (secondary N) is 2. The molecule has 4 N–H and O–H groups in total. The molecule has 2 aliphatic rings. The highest BCUT2D eigenvalue weighted by Gasteiger charge is 2.38. The first kappa shape index (κ1) is 21.2. The molecule has 0 aliphatic carbocycles. The summed E-state index contributed by atoms with van der Waals surface area (Å²) < 4.78 is 33.0. The molecule has 1 aromatic carbocycles. The molecule has 0 radical (unpaired) electrons. The molecule has 0 amide bonds. The van der Waals surface area contributed by atoms with Crippen molar-refractivity contribution < 1.29 is 23.4 Å². The van der Waals surface area contributed by atoms with Gasteiger partial charge in [-0.25, -0.2) is 23.4 Å². The monoisotopic (exact) mass is 460 g/mol. The van der Waals surface area contributed by atoms with Gasteiger partial charge in [0.15, 0.2) is 17.3 Å². The number of benzene rings is 1. The summed E-state index contributed by atoms with van der Waals surface area (Å²) in [6.45, 7) is 0.486. The standard InChI is InChI=1S/C20H24N6O5S/c27-10-13-8-15(28)17(31-13)20-24-18-16(21-11-22-18)19(25-20)23-12-6-7-26(9-12)32(29,30)14-4-2-1-3-5-14/h1-5,11-13,15,17,27-28H,6-10H2,(H2,21,22,23,24,25)/t12?,13-,15+,17-/m0/s1. The summed E-state index contributed by atoms with van der Waals surface area (Å²) >= 11 is 0. The van der Waals surface area contributed by atoms with Crippen molar-refractivity contribution in [2.24, 2.45) is 0 Å². The van der Waals surface area contributed by atoms with Crippen LogP contribution in [0, 0.1) is 0 Å². The molecule has 2 saturated heterocycles. The van der Waals surface area contributed by atoms with E-state index in [1.54, 1.807) is 30.3 Å². The molecule has 2 fully saturated rings. The Balaban J connectivity index is 1.37. The summed E-state index contributed by atoms with van der Waals surface area (Å²) in [6, 6.07) is 8.21. The molecule has 32 heavy (non-hydrogen) atoms. The Morgan fingerprint density at radius 3 is 2.81 bits per heavy atom. The van der Waals surface area contributed by atoms with E-state index in [0.29, 0.717) is 42.9 Å². The second-order valence-corrected chi connectivity index (χ2v) is 9.94. The summed E-state index contributed by atoms with van der Waals surface area (Å²) in [6.07, 6.45) is 0.312. The van der Waals surface area contributed by atoms with Crippen molar-refractivity contribution in [3.8, 4) is 0 Å². The van der Waals surface area contributed by atoms with Crippen molar-refractivity contribution in [3.63, 3.8) is 0 Å². The van der Waals surface area contributed by atoms with Crippen LogP contribution in [-0.4, -0.2) is 80.8 Å². The number of aromatic amines is 1. The molecule has 0 saturated carbocycles. The fourth-order valence-corrected chi connectivity index (χ4v) is 5.70. The van der Waals surface area contributed by atoms with Crippen molar-refractivity contribution >= 4 is 27.0 Å². The Morgan fingerprint density at radius 1 is 1.25 bits per heavy atom. The first-order valence-electron chi connectivity index (χ1n) is 10.4. The third kappa shape index (κ3) is 3.84. The largest absolute Gasteiger partial charge is 0.394 e. The highest BCUT2D eigenvalue weighted by Crippen LogP contribution is 2.33. The minimum Gasteiger partial charge on any atom is -0.394 e. The molecule has 2 aliphatic heterocycles. The lowest BCUT2D eigenvalue weighted by Gasteiger charge is -2.19. The van der Waals surface area contributed by atoms with Gasteiger partial charge in [-0.05, 0) is 18.6 Å². The van der Waals surface area contributed by atoms with Crippen LogP contribution in [-0.2, 0) is 14.8 Å². The van der Waals surface area contributed by atoms with Crippen LogP contribution >= 0.6 is 0 Å². The number of imidazole rings is 1. The second-order valence-electron chi connectivity index (χ2n) is 8.00. The normalized spacial score (nSPS) is 26.7. The van der Waals surface area contributed by atoms with Gasteiger partial charge in [-0.15, -0.1) is 0 Å². The Bertz CT molecular complexity index is 1200. The number of nitrogens with zero attached hydrogens (tertiary/aromatic N) is 4. The Labute approximate surface area is 184 Å². The highest BCUT2D eigenvalue weighted by molar-refractivity contribution is 7.89. The summed E-state index contributed by atoms with van der Waals surface area (Å²) in [5.74, 6) is 0.733. The molecule has 11 nitrogen and oxygen atoms in total. The molecule has 0 spiro atoms. The van der Waals surface area contributed by atoms with Crippen LogP contribution in [0.25, 0.3) is 11.2 Å². The molecule has 4 atom stereocenters. The third-order valence-corrected chi connectivity index (χ3v) is 7.71. The van der Waals surface area contributed by atoms with Crippen LogP contribution in [0.1, 0.15) is 24.8 Å². The minimum atomic E-state index is -3.57. The Hall–Kier alpha value is -2.64. The van der Waals surface area contributed by atoms with Crippen LogP contribution in [0.2, 0.25) is 0 Å². The number of fused-ring (bicyclic) bond motifs is 1. The molecular formula is C20H24N6O5S. The fraction of sp³-hybridized carbons (Fsp3) is 0.450. The van der Waals surface area contributed by atoms with Crippen LogP contribution in [0.15, 0.2) is 41.6 Å². The molecule has 12 heteroatoms. The van der Waals surface area contributed by atoms with Gasteiger partial charge in [-0.2, -0.15) is 4.31 Å². The van der Waals surface area contributed by atoms with Gasteiger partial charge in [0.2, 0.25) is 10.0 Å². The van der Waals surface area contributed by atoms with Gasteiger partial charge in [0.1, 0.15) is 11.6 Å². The molecule has 0 bridgehead atoms. The maximum Gasteiger partial charge on any atom is 0.243 e. The summed E-state index contributed by atoms with van der Waals surface area (Å²) in [5.41, 5.74) is 0.997. The van der Waals surface area contributed by atoms with E-state index in [4.69, 9.17) is 4.74 Å². The zero-order chi connectivity index (χ0) is 22.3. The van der Waals surface area contributed by atoms with Crippen LogP contribution < -0.4 is 5.32 Å². The number of rotatable bonds is 6. The lowest BCUT2D eigenvalue weighted by Crippen LogP contribution is -2.32. The number of aromatic nitrogens is 4. The molecule has 5 rings (SSSR count).